The zero-order chi connectivity index (χ0) is 33.4. The SMILES string of the molecule is COc1ccc([C@@]23C(=O)N(Nc4ccc(Cl)cc4Cl)C(=O)[C@@H]2C[C@@H]2C(=CC[C@@H]4C(=O)N(C)C(=O)[C@@H]42)[C@@H]3c2ccc(O)cc2OC)cc1. The topological polar surface area (TPSA) is 125 Å². The number of amides is 4. The van der Waals surface area contributed by atoms with Crippen molar-refractivity contribution in [1.29, 1.82) is 0 Å². The van der Waals surface area contributed by atoms with Crippen LogP contribution in [-0.2, 0) is 24.6 Å². The quantitative estimate of drug-likeness (QED) is 0.265. The van der Waals surface area contributed by atoms with Gasteiger partial charge in [-0.1, -0.05) is 53.1 Å². The van der Waals surface area contributed by atoms with Gasteiger partial charge in [0.25, 0.3) is 11.8 Å². The lowest BCUT2D eigenvalue weighted by atomic mass is 9.49. The van der Waals surface area contributed by atoms with Crippen LogP contribution in [0.4, 0.5) is 5.69 Å². The number of hydrazine groups is 1. The molecule has 0 bridgehead atoms. The molecule has 0 unspecified atom stereocenters. The number of hydrogen-bond acceptors (Lipinski definition) is 8. The van der Waals surface area contributed by atoms with Gasteiger partial charge in [0, 0.05) is 29.6 Å². The summed E-state index contributed by atoms with van der Waals surface area (Å²) < 4.78 is 11.2. The molecule has 7 rings (SSSR count). The highest BCUT2D eigenvalue weighted by Gasteiger charge is 2.70. The lowest BCUT2D eigenvalue weighted by Crippen LogP contribution is -2.53. The van der Waals surface area contributed by atoms with E-state index in [0.717, 1.165) is 10.6 Å². The van der Waals surface area contributed by atoms with Crippen molar-refractivity contribution in [3.05, 3.63) is 93.5 Å². The second-order valence-corrected chi connectivity index (χ2v) is 13.2. The number of fused-ring (bicyclic) bond motifs is 4. The van der Waals surface area contributed by atoms with E-state index in [1.54, 1.807) is 42.5 Å². The Morgan fingerprint density at radius 1 is 0.894 bits per heavy atom. The van der Waals surface area contributed by atoms with Crippen molar-refractivity contribution in [1.82, 2.24) is 9.91 Å². The molecule has 2 heterocycles. The molecule has 1 saturated carbocycles. The number of ether oxygens (including phenoxy) is 2. The fraction of sp³-hybridized carbons (Fsp3) is 0.314. The highest BCUT2D eigenvalue weighted by atomic mass is 35.5. The standard InChI is InChI=1S/C35H31Cl2N3O7/c1-39-31(42)23-12-11-21-24(29(23)33(39)44)16-25-32(43)40(38-27-13-6-18(36)14-26(27)37)34(45)35(25,17-4-8-20(46-2)9-5-17)30(21)22-10-7-19(41)15-28(22)47-3/h4-11,13-15,23-25,29-30,38,41H,12,16H2,1-3H3/t23-,24+,25-,29-,30+,35+/m0/s1. The molecule has 0 spiro atoms. The number of imide groups is 2. The average Bonchev–Trinajstić information content (AvgIpc) is 3.42. The van der Waals surface area contributed by atoms with Gasteiger partial charge in [0.15, 0.2) is 0 Å². The molecule has 2 aliphatic heterocycles. The van der Waals surface area contributed by atoms with Gasteiger partial charge in [-0.15, -0.1) is 0 Å². The van der Waals surface area contributed by atoms with Crippen LogP contribution in [-0.4, -0.2) is 59.9 Å². The van der Waals surface area contributed by atoms with E-state index >= 15 is 4.79 Å². The Labute approximate surface area is 280 Å². The van der Waals surface area contributed by atoms with E-state index in [2.05, 4.69) is 5.43 Å². The summed E-state index contributed by atoms with van der Waals surface area (Å²) in [6, 6.07) is 16.4. The van der Waals surface area contributed by atoms with Gasteiger partial charge in [0.05, 0.1) is 48.1 Å². The molecular weight excluding hydrogens is 645 g/mol. The van der Waals surface area contributed by atoms with E-state index in [4.69, 9.17) is 32.7 Å². The minimum absolute atomic E-state index is 0.0432. The predicted octanol–water partition coefficient (Wildman–Crippen LogP) is 5.33. The highest BCUT2D eigenvalue weighted by molar-refractivity contribution is 6.36. The van der Waals surface area contributed by atoms with E-state index in [9.17, 15) is 19.5 Å². The molecule has 3 aromatic carbocycles. The summed E-state index contributed by atoms with van der Waals surface area (Å²) in [7, 11) is 4.49. The van der Waals surface area contributed by atoms with E-state index in [0.29, 0.717) is 39.8 Å². The maximum Gasteiger partial charge on any atom is 0.260 e. The van der Waals surface area contributed by atoms with Crippen LogP contribution in [0.5, 0.6) is 17.2 Å². The number of anilines is 1. The molecule has 242 valence electrons. The van der Waals surface area contributed by atoms with E-state index in [1.807, 2.05) is 6.08 Å². The Morgan fingerprint density at radius 3 is 2.32 bits per heavy atom. The predicted molar refractivity (Wildman–Crippen MR) is 173 cm³/mol. The number of nitrogens with one attached hydrogen (secondary N) is 1. The van der Waals surface area contributed by atoms with Gasteiger partial charge in [-0.2, -0.15) is 5.01 Å². The van der Waals surface area contributed by atoms with Crippen LogP contribution in [0.2, 0.25) is 10.0 Å². The molecule has 2 saturated heterocycles. The Bertz CT molecular complexity index is 1880. The first-order valence-electron chi connectivity index (χ1n) is 15.2. The molecule has 10 nitrogen and oxygen atoms in total. The Balaban J connectivity index is 1.50. The number of phenolic OH excluding ortho intramolecular Hbond substituents is 1. The zero-order valence-electron chi connectivity index (χ0n) is 25.7. The van der Waals surface area contributed by atoms with Gasteiger partial charge in [-0.05, 0) is 60.7 Å². The van der Waals surface area contributed by atoms with Crippen LogP contribution in [0.15, 0.2) is 72.3 Å². The van der Waals surface area contributed by atoms with Crippen molar-refractivity contribution >= 4 is 52.5 Å². The third-order valence-corrected chi connectivity index (χ3v) is 10.9. The summed E-state index contributed by atoms with van der Waals surface area (Å²) in [6.07, 6.45) is 2.40. The number of likely N-dealkylation sites (tertiary alicyclic amines) is 1. The van der Waals surface area contributed by atoms with Gasteiger partial charge >= 0.3 is 0 Å². The molecule has 0 radical (unpaired) electrons. The first-order chi connectivity index (χ1) is 22.5. The molecule has 3 aromatic rings. The summed E-state index contributed by atoms with van der Waals surface area (Å²) in [5.41, 5.74) is 3.61. The molecule has 4 amide bonds. The van der Waals surface area contributed by atoms with Crippen LogP contribution in [0.1, 0.15) is 29.9 Å². The molecule has 0 aromatic heterocycles. The molecule has 2 N–H and O–H groups in total. The van der Waals surface area contributed by atoms with Crippen molar-refractivity contribution in [2.24, 2.45) is 23.7 Å². The lowest BCUT2D eigenvalue weighted by Gasteiger charge is -2.50. The zero-order valence-corrected chi connectivity index (χ0v) is 27.2. The van der Waals surface area contributed by atoms with Crippen LogP contribution in [0.25, 0.3) is 0 Å². The fourth-order valence-electron chi connectivity index (χ4n) is 8.28. The molecule has 4 aliphatic rings. The minimum Gasteiger partial charge on any atom is -0.508 e. The molecule has 2 aliphatic carbocycles. The number of carbonyl (C=O) groups excluding carboxylic acids is 4. The summed E-state index contributed by atoms with van der Waals surface area (Å²) in [5.74, 6) is -4.34. The van der Waals surface area contributed by atoms with Crippen LogP contribution < -0.4 is 14.9 Å². The number of aromatic hydroxyl groups is 1. The van der Waals surface area contributed by atoms with E-state index < -0.39 is 46.8 Å². The van der Waals surface area contributed by atoms with Crippen LogP contribution in [0.3, 0.4) is 0 Å². The Kier molecular flexibility index (Phi) is 7.48. The van der Waals surface area contributed by atoms with Crippen molar-refractivity contribution in [3.8, 4) is 17.2 Å². The van der Waals surface area contributed by atoms with Crippen molar-refractivity contribution in [3.63, 3.8) is 0 Å². The summed E-state index contributed by atoms with van der Waals surface area (Å²) in [4.78, 5) is 57.9. The number of allylic oxidation sites excluding steroid dienone is 2. The van der Waals surface area contributed by atoms with Crippen molar-refractivity contribution < 1.29 is 33.8 Å². The van der Waals surface area contributed by atoms with Crippen molar-refractivity contribution in [2.75, 3.05) is 26.7 Å². The van der Waals surface area contributed by atoms with Gasteiger partial charge in [0.1, 0.15) is 17.2 Å². The number of rotatable bonds is 6. The molecule has 47 heavy (non-hydrogen) atoms. The van der Waals surface area contributed by atoms with E-state index in [1.165, 1.54) is 44.4 Å². The number of nitrogens with zero attached hydrogens (tertiary/aromatic N) is 2. The smallest absolute Gasteiger partial charge is 0.260 e. The molecular formula is C35H31Cl2N3O7. The van der Waals surface area contributed by atoms with Crippen LogP contribution >= 0.6 is 23.2 Å². The third kappa shape index (κ3) is 4.45. The van der Waals surface area contributed by atoms with E-state index in [-0.39, 0.29) is 29.0 Å². The summed E-state index contributed by atoms with van der Waals surface area (Å²) in [5, 5.41) is 12.0. The number of carbonyl (C=O) groups is 4. The number of halogens is 2. The third-order valence-electron chi connectivity index (χ3n) is 10.3. The first kappa shape index (κ1) is 31.1. The first-order valence-corrected chi connectivity index (χ1v) is 15.9. The van der Waals surface area contributed by atoms with Crippen LogP contribution in [0, 0.1) is 23.7 Å². The second-order valence-electron chi connectivity index (χ2n) is 12.4. The van der Waals surface area contributed by atoms with Crippen molar-refractivity contribution in [2.45, 2.75) is 24.2 Å². The Hall–Kier alpha value is -4.54. The maximum atomic E-state index is 15.2. The van der Waals surface area contributed by atoms with Gasteiger partial charge in [-0.3, -0.25) is 29.5 Å². The number of phenols is 1. The van der Waals surface area contributed by atoms with Gasteiger partial charge < -0.3 is 14.6 Å². The Morgan fingerprint density at radius 2 is 1.64 bits per heavy atom. The monoisotopic (exact) mass is 675 g/mol. The van der Waals surface area contributed by atoms with Gasteiger partial charge in [-0.25, -0.2) is 0 Å². The molecule has 3 fully saturated rings. The number of hydrogen-bond donors (Lipinski definition) is 2. The summed E-state index contributed by atoms with van der Waals surface area (Å²) >= 11 is 12.6. The fourth-order valence-corrected chi connectivity index (χ4v) is 8.73. The second kappa shape index (κ2) is 11.3. The molecule has 6 atom stereocenters. The number of benzene rings is 3. The highest BCUT2D eigenvalue weighted by Crippen LogP contribution is 2.65. The lowest BCUT2D eigenvalue weighted by molar-refractivity contribution is -0.140. The average molecular weight is 677 g/mol. The summed E-state index contributed by atoms with van der Waals surface area (Å²) in [6.45, 7) is 0. The van der Waals surface area contributed by atoms with Gasteiger partial charge in [0.2, 0.25) is 11.8 Å². The normalized spacial score (nSPS) is 28.1. The molecule has 12 heteroatoms. The minimum atomic E-state index is -1.54. The maximum absolute atomic E-state index is 15.2. The number of methoxy groups -OCH3 is 2. The largest absolute Gasteiger partial charge is 0.508 e.